The Bertz CT molecular complexity index is 495. The van der Waals surface area contributed by atoms with E-state index in [1.165, 1.54) is 0 Å². The molecule has 0 spiro atoms. The summed E-state index contributed by atoms with van der Waals surface area (Å²) in [4.78, 5) is 0. The highest BCUT2D eigenvalue weighted by Gasteiger charge is 1.98. The number of hydrogen-bond acceptors (Lipinski definition) is 3. The lowest BCUT2D eigenvalue weighted by Gasteiger charge is -2.07. The first-order valence-electron chi connectivity index (χ1n) is 5.33. The minimum atomic E-state index is 0. The molecule has 0 saturated heterocycles. The maximum absolute atomic E-state index is 9.29. The van der Waals surface area contributed by atoms with Crippen LogP contribution in [-0.2, 0) is 6.61 Å². The van der Waals surface area contributed by atoms with Crippen molar-refractivity contribution in [3.05, 3.63) is 54.1 Å². The van der Waals surface area contributed by atoms with E-state index in [0.29, 0.717) is 12.4 Å². The SMILES string of the molecule is C.COc1cccc(COc2cccc(O)c2)c1. The minimum absolute atomic E-state index is 0. The van der Waals surface area contributed by atoms with Gasteiger partial charge in [-0.05, 0) is 29.8 Å². The van der Waals surface area contributed by atoms with Crippen LogP contribution in [0.5, 0.6) is 17.2 Å². The van der Waals surface area contributed by atoms with E-state index in [1.54, 1.807) is 31.4 Å². The molecule has 0 fully saturated rings. The zero-order valence-corrected chi connectivity index (χ0v) is 9.59. The van der Waals surface area contributed by atoms with E-state index in [2.05, 4.69) is 0 Å². The van der Waals surface area contributed by atoms with Crippen LogP contribution in [-0.4, -0.2) is 12.2 Å². The van der Waals surface area contributed by atoms with Crippen molar-refractivity contribution in [2.75, 3.05) is 7.11 Å². The Labute approximate surface area is 108 Å². The molecule has 18 heavy (non-hydrogen) atoms. The van der Waals surface area contributed by atoms with Crippen molar-refractivity contribution >= 4 is 0 Å². The van der Waals surface area contributed by atoms with Crippen molar-refractivity contribution in [2.24, 2.45) is 0 Å². The average Bonchev–Trinajstić information content (AvgIpc) is 2.37. The summed E-state index contributed by atoms with van der Waals surface area (Å²) in [5.74, 6) is 1.66. The fourth-order valence-corrected chi connectivity index (χ4v) is 1.50. The van der Waals surface area contributed by atoms with Gasteiger partial charge in [-0.2, -0.15) is 0 Å². The topological polar surface area (TPSA) is 38.7 Å². The molecular weight excluding hydrogens is 228 g/mol. The van der Waals surface area contributed by atoms with Gasteiger partial charge < -0.3 is 14.6 Å². The summed E-state index contributed by atoms with van der Waals surface area (Å²) in [6, 6.07) is 14.4. The maximum atomic E-state index is 9.29. The highest BCUT2D eigenvalue weighted by Crippen LogP contribution is 2.20. The van der Waals surface area contributed by atoms with E-state index in [4.69, 9.17) is 9.47 Å². The standard InChI is InChI=1S/C14H14O3.CH4/c1-16-13-6-2-4-11(8-13)10-17-14-7-3-5-12(15)9-14;/h2-9,15H,10H2,1H3;1H4. The van der Waals surface area contributed by atoms with Gasteiger partial charge in [0.25, 0.3) is 0 Å². The number of methoxy groups -OCH3 is 1. The molecule has 1 N–H and O–H groups in total. The Morgan fingerprint density at radius 2 is 1.72 bits per heavy atom. The van der Waals surface area contributed by atoms with Gasteiger partial charge in [-0.3, -0.25) is 0 Å². The summed E-state index contributed by atoms with van der Waals surface area (Å²) in [6.45, 7) is 0.445. The molecule has 3 nitrogen and oxygen atoms in total. The Hall–Kier alpha value is -2.16. The number of rotatable bonds is 4. The lowest BCUT2D eigenvalue weighted by molar-refractivity contribution is 0.303. The fourth-order valence-electron chi connectivity index (χ4n) is 1.50. The number of benzene rings is 2. The first kappa shape index (κ1) is 13.9. The highest BCUT2D eigenvalue weighted by atomic mass is 16.5. The minimum Gasteiger partial charge on any atom is -0.508 e. The molecule has 0 unspecified atom stereocenters. The molecule has 0 aliphatic rings. The third-order valence-corrected chi connectivity index (χ3v) is 2.36. The summed E-state index contributed by atoms with van der Waals surface area (Å²) in [6.07, 6.45) is 0. The summed E-state index contributed by atoms with van der Waals surface area (Å²) in [5.41, 5.74) is 1.02. The predicted octanol–water partition coefficient (Wildman–Crippen LogP) is 3.62. The zero-order chi connectivity index (χ0) is 12.1. The lowest BCUT2D eigenvalue weighted by atomic mass is 10.2. The molecular formula is C15H18O3. The second-order valence-electron chi connectivity index (χ2n) is 3.64. The van der Waals surface area contributed by atoms with Crippen LogP contribution >= 0.6 is 0 Å². The van der Waals surface area contributed by atoms with Gasteiger partial charge in [-0.25, -0.2) is 0 Å². The molecule has 0 saturated carbocycles. The Morgan fingerprint density at radius 3 is 2.44 bits per heavy atom. The monoisotopic (exact) mass is 246 g/mol. The van der Waals surface area contributed by atoms with Crippen molar-refractivity contribution < 1.29 is 14.6 Å². The normalized spacial score (nSPS) is 9.39. The van der Waals surface area contributed by atoms with E-state index >= 15 is 0 Å². The van der Waals surface area contributed by atoms with Crippen LogP contribution in [0, 0.1) is 0 Å². The van der Waals surface area contributed by atoms with Crippen LogP contribution in [0.25, 0.3) is 0 Å². The molecule has 0 bridgehead atoms. The van der Waals surface area contributed by atoms with E-state index < -0.39 is 0 Å². The second kappa shape index (κ2) is 6.55. The number of phenols is 1. The quantitative estimate of drug-likeness (QED) is 0.895. The fraction of sp³-hybridized carbons (Fsp3) is 0.200. The molecule has 2 rings (SSSR count). The first-order chi connectivity index (χ1) is 8.28. The van der Waals surface area contributed by atoms with Crippen molar-refractivity contribution in [2.45, 2.75) is 14.0 Å². The van der Waals surface area contributed by atoms with Crippen LogP contribution in [0.1, 0.15) is 13.0 Å². The third-order valence-electron chi connectivity index (χ3n) is 2.36. The van der Waals surface area contributed by atoms with Crippen LogP contribution in [0.2, 0.25) is 0 Å². The summed E-state index contributed by atoms with van der Waals surface area (Å²) in [7, 11) is 1.63. The molecule has 0 amide bonds. The highest BCUT2D eigenvalue weighted by molar-refractivity contribution is 5.32. The molecule has 2 aromatic carbocycles. The number of aromatic hydroxyl groups is 1. The van der Waals surface area contributed by atoms with Gasteiger partial charge in [0, 0.05) is 6.07 Å². The van der Waals surface area contributed by atoms with Crippen molar-refractivity contribution in [1.29, 1.82) is 0 Å². The zero-order valence-electron chi connectivity index (χ0n) is 9.59. The molecule has 0 radical (unpaired) electrons. The van der Waals surface area contributed by atoms with Gasteiger partial charge in [0.2, 0.25) is 0 Å². The maximum Gasteiger partial charge on any atom is 0.123 e. The van der Waals surface area contributed by atoms with Gasteiger partial charge in [-0.15, -0.1) is 0 Å². The van der Waals surface area contributed by atoms with Crippen molar-refractivity contribution in [3.8, 4) is 17.2 Å². The van der Waals surface area contributed by atoms with Gasteiger partial charge in [0.05, 0.1) is 7.11 Å². The van der Waals surface area contributed by atoms with Crippen LogP contribution in [0.4, 0.5) is 0 Å². The van der Waals surface area contributed by atoms with Crippen molar-refractivity contribution in [3.63, 3.8) is 0 Å². The van der Waals surface area contributed by atoms with Crippen LogP contribution < -0.4 is 9.47 Å². The predicted molar refractivity (Wildman–Crippen MR) is 72.2 cm³/mol. The number of hydrogen-bond donors (Lipinski definition) is 1. The molecule has 0 aromatic heterocycles. The van der Waals surface area contributed by atoms with Gasteiger partial charge in [0.15, 0.2) is 0 Å². The molecule has 0 heterocycles. The van der Waals surface area contributed by atoms with E-state index in [9.17, 15) is 5.11 Å². The van der Waals surface area contributed by atoms with Gasteiger partial charge >= 0.3 is 0 Å². The molecule has 0 atom stereocenters. The largest absolute Gasteiger partial charge is 0.508 e. The average molecular weight is 246 g/mol. The van der Waals surface area contributed by atoms with E-state index in [-0.39, 0.29) is 13.2 Å². The summed E-state index contributed by atoms with van der Waals surface area (Å²) in [5, 5.41) is 9.29. The number of ether oxygens (including phenoxy) is 2. The van der Waals surface area contributed by atoms with Gasteiger partial charge in [0.1, 0.15) is 23.9 Å². The lowest BCUT2D eigenvalue weighted by Crippen LogP contribution is -1.95. The molecule has 0 aliphatic heterocycles. The van der Waals surface area contributed by atoms with Crippen molar-refractivity contribution in [1.82, 2.24) is 0 Å². The summed E-state index contributed by atoms with van der Waals surface area (Å²) < 4.78 is 10.7. The van der Waals surface area contributed by atoms with Crippen LogP contribution in [0.3, 0.4) is 0 Å². The number of phenolic OH excluding ortho intramolecular Hbond substituents is 1. The van der Waals surface area contributed by atoms with Gasteiger partial charge in [-0.1, -0.05) is 25.6 Å². The third kappa shape index (κ3) is 3.70. The second-order valence-corrected chi connectivity index (χ2v) is 3.64. The molecule has 0 aliphatic carbocycles. The first-order valence-corrected chi connectivity index (χ1v) is 5.33. The van der Waals surface area contributed by atoms with E-state index in [1.807, 2.05) is 24.3 Å². The smallest absolute Gasteiger partial charge is 0.123 e. The Kier molecular flexibility index (Phi) is 5.06. The van der Waals surface area contributed by atoms with Crippen LogP contribution in [0.15, 0.2) is 48.5 Å². The van der Waals surface area contributed by atoms with E-state index in [0.717, 1.165) is 11.3 Å². The Morgan fingerprint density at radius 1 is 1.00 bits per heavy atom. The molecule has 2 aromatic rings. The molecule has 96 valence electrons. The Balaban J connectivity index is 0.00000162. The summed E-state index contributed by atoms with van der Waals surface area (Å²) >= 11 is 0. The molecule has 3 heteroatoms.